The van der Waals surface area contributed by atoms with Crippen molar-refractivity contribution >= 4 is 15.9 Å². The van der Waals surface area contributed by atoms with E-state index >= 15 is 0 Å². The molecule has 2 rings (SSSR count). The molecule has 1 atom stereocenters. The summed E-state index contributed by atoms with van der Waals surface area (Å²) in [5, 5.41) is 9.51. The number of hydrogen-bond acceptors (Lipinski definition) is 2. The topological polar surface area (TPSA) is 29.5 Å². The Balaban J connectivity index is 2.25. The average molecular weight is 335 g/mol. The fourth-order valence-corrected chi connectivity index (χ4v) is 2.38. The van der Waals surface area contributed by atoms with Gasteiger partial charge in [-0.1, -0.05) is 41.9 Å². The zero-order chi connectivity index (χ0) is 14.7. The molecule has 2 aromatic carbocycles. The van der Waals surface area contributed by atoms with Gasteiger partial charge in [-0.3, -0.25) is 0 Å². The van der Waals surface area contributed by atoms with Gasteiger partial charge in [0.15, 0.2) is 0 Å². The van der Waals surface area contributed by atoms with Crippen molar-refractivity contribution in [2.24, 2.45) is 0 Å². The van der Waals surface area contributed by atoms with Gasteiger partial charge in [-0.05, 0) is 54.3 Å². The van der Waals surface area contributed by atoms with Gasteiger partial charge in [0.2, 0.25) is 0 Å². The standard InChI is InChI=1S/C17H19BrO2/c1-11(2)16-10-14(18)6-9-17(16)20-15-7-4-13(5-8-15)12(3)19/h4-12,19H,1-3H3/t12-/m1/s1. The number of aliphatic hydroxyl groups is 1. The van der Waals surface area contributed by atoms with E-state index in [4.69, 9.17) is 4.74 Å². The molecule has 0 heterocycles. The van der Waals surface area contributed by atoms with Crippen molar-refractivity contribution in [1.29, 1.82) is 0 Å². The molecule has 20 heavy (non-hydrogen) atoms. The molecule has 0 aromatic heterocycles. The van der Waals surface area contributed by atoms with Crippen molar-refractivity contribution < 1.29 is 9.84 Å². The van der Waals surface area contributed by atoms with E-state index in [1.54, 1.807) is 6.92 Å². The summed E-state index contributed by atoms with van der Waals surface area (Å²) in [5.74, 6) is 2.03. The van der Waals surface area contributed by atoms with E-state index in [9.17, 15) is 5.11 Å². The summed E-state index contributed by atoms with van der Waals surface area (Å²) in [6.07, 6.45) is -0.456. The van der Waals surface area contributed by atoms with E-state index in [0.29, 0.717) is 5.92 Å². The lowest BCUT2D eigenvalue weighted by molar-refractivity contribution is 0.199. The van der Waals surface area contributed by atoms with Gasteiger partial charge in [0, 0.05) is 4.47 Å². The van der Waals surface area contributed by atoms with E-state index in [-0.39, 0.29) is 0 Å². The maximum absolute atomic E-state index is 9.51. The van der Waals surface area contributed by atoms with E-state index in [1.165, 1.54) is 5.56 Å². The molecule has 2 aromatic rings. The van der Waals surface area contributed by atoms with Gasteiger partial charge in [-0.25, -0.2) is 0 Å². The lowest BCUT2D eigenvalue weighted by atomic mass is 10.0. The van der Waals surface area contributed by atoms with Crippen molar-refractivity contribution in [2.45, 2.75) is 32.8 Å². The first-order valence-corrected chi connectivity index (χ1v) is 7.52. The Kier molecular flexibility index (Phi) is 4.84. The molecule has 0 aliphatic heterocycles. The lowest BCUT2D eigenvalue weighted by Crippen LogP contribution is -1.95. The number of aliphatic hydroxyl groups excluding tert-OH is 1. The third-order valence-corrected chi connectivity index (χ3v) is 3.68. The molecule has 0 saturated heterocycles. The van der Waals surface area contributed by atoms with Crippen LogP contribution in [0.4, 0.5) is 0 Å². The van der Waals surface area contributed by atoms with Crippen molar-refractivity contribution in [3.8, 4) is 11.5 Å². The second-order valence-electron chi connectivity index (χ2n) is 5.18. The normalized spacial score (nSPS) is 12.5. The minimum atomic E-state index is -0.456. The first-order valence-electron chi connectivity index (χ1n) is 6.72. The largest absolute Gasteiger partial charge is 0.457 e. The molecule has 0 bridgehead atoms. The maximum Gasteiger partial charge on any atom is 0.130 e. The quantitative estimate of drug-likeness (QED) is 0.809. The first kappa shape index (κ1) is 15.1. The number of halogens is 1. The van der Waals surface area contributed by atoms with Gasteiger partial charge in [0.1, 0.15) is 11.5 Å². The van der Waals surface area contributed by atoms with Crippen molar-refractivity contribution in [3.63, 3.8) is 0 Å². The molecule has 2 nitrogen and oxygen atoms in total. The predicted octanol–water partition coefficient (Wildman–Crippen LogP) is 5.42. The van der Waals surface area contributed by atoms with Gasteiger partial charge in [0.25, 0.3) is 0 Å². The minimum absolute atomic E-state index is 0.388. The fourth-order valence-electron chi connectivity index (χ4n) is 2.00. The molecule has 106 valence electrons. The van der Waals surface area contributed by atoms with Gasteiger partial charge in [0.05, 0.1) is 6.10 Å². The fraction of sp³-hybridized carbons (Fsp3) is 0.294. The second kappa shape index (κ2) is 6.42. The Morgan fingerprint density at radius 1 is 1.00 bits per heavy atom. The smallest absolute Gasteiger partial charge is 0.130 e. The molecule has 0 unspecified atom stereocenters. The second-order valence-corrected chi connectivity index (χ2v) is 6.10. The van der Waals surface area contributed by atoms with Crippen LogP contribution in [0.15, 0.2) is 46.9 Å². The van der Waals surface area contributed by atoms with E-state index < -0.39 is 6.10 Å². The summed E-state index contributed by atoms with van der Waals surface area (Å²) >= 11 is 3.49. The highest BCUT2D eigenvalue weighted by molar-refractivity contribution is 9.10. The average Bonchev–Trinajstić information content (AvgIpc) is 2.41. The van der Waals surface area contributed by atoms with E-state index in [2.05, 4.69) is 35.8 Å². The predicted molar refractivity (Wildman–Crippen MR) is 85.4 cm³/mol. The molecule has 0 radical (unpaired) electrons. The Morgan fingerprint density at radius 3 is 2.20 bits per heavy atom. The van der Waals surface area contributed by atoms with Crippen LogP contribution in [0.3, 0.4) is 0 Å². The highest BCUT2D eigenvalue weighted by Crippen LogP contribution is 2.33. The molecular weight excluding hydrogens is 316 g/mol. The third-order valence-electron chi connectivity index (χ3n) is 3.18. The molecule has 0 fully saturated rings. The summed E-state index contributed by atoms with van der Waals surface area (Å²) in [6, 6.07) is 13.6. The van der Waals surface area contributed by atoms with Crippen LogP contribution in [0, 0.1) is 0 Å². The van der Waals surface area contributed by atoms with Crippen molar-refractivity contribution in [3.05, 3.63) is 58.1 Å². The molecule has 0 spiro atoms. The number of hydrogen-bond donors (Lipinski definition) is 1. The SMILES string of the molecule is CC(C)c1cc(Br)ccc1Oc1ccc([C@@H](C)O)cc1. The molecular formula is C17H19BrO2. The molecule has 0 aliphatic rings. The van der Waals surface area contributed by atoms with E-state index in [1.807, 2.05) is 36.4 Å². The van der Waals surface area contributed by atoms with Crippen LogP contribution in [-0.4, -0.2) is 5.11 Å². The molecule has 0 aliphatic carbocycles. The summed E-state index contributed by atoms with van der Waals surface area (Å²) in [6.45, 7) is 6.04. The van der Waals surface area contributed by atoms with Gasteiger partial charge < -0.3 is 9.84 Å². The summed E-state index contributed by atoms with van der Waals surface area (Å²) < 4.78 is 7.01. The number of ether oxygens (including phenoxy) is 1. The summed E-state index contributed by atoms with van der Waals surface area (Å²) in [7, 11) is 0. The van der Waals surface area contributed by atoms with Crippen molar-refractivity contribution in [1.82, 2.24) is 0 Å². The third kappa shape index (κ3) is 3.62. The molecule has 1 N–H and O–H groups in total. The lowest BCUT2D eigenvalue weighted by Gasteiger charge is -2.14. The Bertz CT molecular complexity index is 574. The highest BCUT2D eigenvalue weighted by atomic mass is 79.9. The molecule has 3 heteroatoms. The molecule has 0 amide bonds. The van der Waals surface area contributed by atoms with E-state index in [0.717, 1.165) is 21.5 Å². The number of benzene rings is 2. The Morgan fingerprint density at radius 2 is 1.65 bits per heavy atom. The maximum atomic E-state index is 9.51. The summed E-state index contributed by atoms with van der Waals surface area (Å²) in [5.41, 5.74) is 2.05. The van der Waals surface area contributed by atoms with Crippen LogP contribution in [0.1, 0.15) is 43.9 Å². The van der Waals surface area contributed by atoms with Crippen LogP contribution in [0.2, 0.25) is 0 Å². The van der Waals surface area contributed by atoms with Crippen LogP contribution in [-0.2, 0) is 0 Å². The highest BCUT2D eigenvalue weighted by Gasteiger charge is 2.10. The zero-order valence-corrected chi connectivity index (χ0v) is 13.5. The van der Waals surface area contributed by atoms with Gasteiger partial charge in [-0.15, -0.1) is 0 Å². The first-order chi connectivity index (χ1) is 9.47. The minimum Gasteiger partial charge on any atom is -0.457 e. The zero-order valence-electron chi connectivity index (χ0n) is 11.9. The van der Waals surface area contributed by atoms with Crippen LogP contribution in [0.5, 0.6) is 11.5 Å². The van der Waals surface area contributed by atoms with Crippen LogP contribution in [0.25, 0.3) is 0 Å². The summed E-state index contributed by atoms with van der Waals surface area (Å²) in [4.78, 5) is 0. The monoisotopic (exact) mass is 334 g/mol. The van der Waals surface area contributed by atoms with Crippen LogP contribution >= 0.6 is 15.9 Å². The van der Waals surface area contributed by atoms with Gasteiger partial charge >= 0.3 is 0 Å². The number of rotatable bonds is 4. The van der Waals surface area contributed by atoms with Crippen molar-refractivity contribution in [2.75, 3.05) is 0 Å². The molecule has 0 saturated carbocycles. The Hall–Kier alpha value is -1.32. The van der Waals surface area contributed by atoms with Crippen LogP contribution < -0.4 is 4.74 Å². The van der Waals surface area contributed by atoms with Gasteiger partial charge in [-0.2, -0.15) is 0 Å². The Labute approximate surface area is 128 Å².